The Hall–Kier alpha value is -2.34. The zero-order valence-corrected chi connectivity index (χ0v) is 12.1. The topological polar surface area (TPSA) is 75.6 Å². The maximum absolute atomic E-state index is 11.5. The van der Waals surface area contributed by atoms with Gasteiger partial charge in [0.1, 0.15) is 12.6 Å². The van der Waals surface area contributed by atoms with Gasteiger partial charge in [0.15, 0.2) is 0 Å². The zero-order chi connectivity index (χ0) is 15.2. The third kappa shape index (κ3) is 3.82. The first-order valence-corrected chi connectivity index (χ1v) is 7.22. The van der Waals surface area contributed by atoms with Crippen LogP contribution in [-0.2, 0) is 16.0 Å². The minimum absolute atomic E-state index is 0.0412. The maximum atomic E-state index is 11.5. The van der Waals surface area contributed by atoms with E-state index < -0.39 is 18.1 Å². The number of fused-ring (bicyclic) bond motifs is 1. The standard InChI is InChI=1S/C15H15NO4S/c1-2-7-20-15(19)16-12(14(17)18)8-10-9-21-13-6-4-3-5-11(10)13/h2-6,9,12H,1,7-8H2,(H,16,19)(H,17,18)/t12-/m1/s1. The SMILES string of the molecule is C=CCOC(=O)N[C@H](Cc1csc2ccccc12)C(=O)O. The molecule has 5 nitrogen and oxygen atoms in total. The van der Waals surface area contributed by atoms with Crippen LogP contribution in [0.1, 0.15) is 5.56 Å². The summed E-state index contributed by atoms with van der Waals surface area (Å²) in [5.74, 6) is -1.10. The lowest BCUT2D eigenvalue weighted by Gasteiger charge is -2.13. The highest BCUT2D eigenvalue weighted by Gasteiger charge is 2.22. The summed E-state index contributed by atoms with van der Waals surface area (Å²) in [5.41, 5.74) is 0.895. The van der Waals surface area contributed by atoms with E-state index in [0.29, 0.717) is 0 Å². The highest BCUT2D eigenvalue weighted by molar-refractivity contribution is 7.17. The molecule has 1 heterocycles. The van der Waals surface area contributed by atoms with Crippen LogP contribution in [0.25, 0.3) is 10.1 Å². The van der Waals surface area contributed by atoms with Crippen molar-refractivity contribution in [2.75, 3.05) is 6.61 Å². The number of carboxylic acids is 1. The van der Waals surface area contributed by atoms with E-state index in [1.165, 1.54) is 6.08 Å². The zero-order valence-electron chi connectivity index (χ0n) is 11.2. The molecule has 0 radical (unpaired) electrons. The van der Waals surface area contributed by atoms with Crippen molar-refractivity contribution in [3.63, 3.8) is 0 Å². The van der Waals surface area contributed by atoms with Crippen LogP contribution < -0.4 is 5.32 Å². The number of carboxylic acid groups (broad SMARTS) is 1. The largest absolute Gasteiger partial charge is 0.480 e. The van der Waals surface area contributed by atoms with Crippen molar-refractivity contribution in [1.82, 2.24) is 5.32 Å². The summed E-state index contributed by atoms with van der Waals surface area (Å²) in [6, 6.07) is 6.73. The predicted octanol–water partition coefficient (Wildman–Crippen LogP) is 2.81. The van der Waals surface area contributed by atoms with Crippen LogP contribution >= 0.6 is 11.3 Å². The van der Waals surface area contributed by atoms with Gasteiger partial charge in [-0.3, -0.25) is 0 Å². The van der Waals surface area contributed by atoms with Gasteiger partial charge in [0.25, 0.3) is 0 Å². The van der Waals surface area contributed by atoms with Gasteiger partial charge < -0.3 is 15.2 Å². The molecule has 0 spiro atoms. The van der Waals surface area contributed by atoms with Gasteiger partial charge in [-0.1, -0.05) is 30.9 Å². The average molecular weight is 305 g/mol. The van der Waals surface area contributed by atoms with E-state index in [0.717, 1.165) is 15.6 Å². The van der Waals surface area contributed by atoms with Gasteiger partial charge in [-0.15, -0.1) is 11.3 Å². The summed E-state index contributed by atoms with van der Waals surface area (Å²) in [6.45, 7) is 3.46. The van der Waals surface area contributed by atoms with E-state index in [-0.39, 0.29) is 13.0 Å². The number of aliphatic carboxylic acids is 1. The third-order valence-electron chi connectivity index (χ3n) is 2.91. The number of alkyl carbamates (subject to hydrolysis) is 1. The normalized spacial score (nSPS) is 11.8. The number of hydrogen-bond acceptors (Lipinski definition) is 4. The number of thiophene rings is 1. The van der Waals surface area contributed by atoms with Crippen LogP contribution in [0.5, 0.6) is 0 Å². The minimum atomic E-state index is -1.10. The molecule has 2 N–H and O–H groups in total. The molecule has 6 heteroatoms. The Labute approximate surface area is 125 Å². The van der Waals surface area contributed by atoms with E-state index in [4.69, 9.17) is 4.74 Å². The molecule has 0 aliphatic heterocycles. The molecule has 0 bridgehead atoms. The number of rotatable bonds is 6. The fourth-order valence-corrected chi connectivity index (χ4v) is 2.91. The maximum Gasteiger partial charge on any atom is 0.408 e. The average Bonchev–Trinajstić information content (AvgIpc) is 2.87. The Morgan fingerprint density at radius 1 is 1.43 bits per heavy atom. The van der Waals surface area contributed by atoms with Crippen LogP contribution in [0.2, 0.25) is 0 Å². The van der Waals surface area contributed by atoms with E-state index in [2.05, 4.69) is 11.9 Å². The molecule has 0 aliphatic carbocycles. The molecular formula is C15H15NO4S. The Bertz CT molecular complexity index is 664. The van der Waals surface area contributed by atoms with Crippen LogP contribution in [0, 0.1) is 0 Å². The van der Waals surface area contributed by atoms with Crippen molar-refractivity contribution < 1.29 is 19.4 Å². The van der Waals surface area contributed by atoms with Gasteiger partial charge in [0.2, 0.25) is 0 Å². The highest BCUT2D eigenvalue weighted by atomic mass is 32.1. The smallest absolute Gasteiger partial charge is 0.408 e. The monoisotopic (exact) mass is 305 g/mol. The molecule has 0 unspecified atom stereocenters. The summed E-state index contributed by atoms with van der Waals surface area (Å²) >= 11 is 1.55. The van der Waals surface area contributed by atoms with Crippen molar-refractivity contribution in [1.29, 1.82) is 0 Å². The van der Waals surface area contributed by atoms with Crippen molar-refractivity contribution in [3.8, 4) is 0 Å². The Morgan fingerprint density at radius 3 is 2.90 bits per heavy atom. The molecule has 2 aromatic rings. The predicted molar refractivity (Wildman–Crippen MR) is 81.6 cm³/mol. The molecule has 0 fully saturated rings. The van der Waals surface area contributed by atoms with E-state index >= 15 is 0 Å². The molecule has 1 aromatic heterocycles. The number of nitrogens with one attached hydrogen (secondary N) is 1. The molecule has 21 heavy (non-hydrogen) atoms. The van der Waals surface area contributed by atoms with E-state index in [9.17, 15) is 14.7 Å². The van der Waals surface area contributed by atoms with Gasteiger partial charge in [-0.2, -0.15) is 0 Å². The molecule has 0 saturated carbocycles. The molecule has 1 atom stereocenters. The van der Waals surface area contributed by atoms with Gasteiger partial charge in [-0.25, -0.2) is 9.59 Å². The lowest BCUT2D eigenvalue weighted by molar-refractivity contribution is -0.139. The van der Waals surface area contributed by atoms with Crippen LogP contribution in [-0.4, -0.2) is 29.8 Å². The fourth-order valence-electron chi connectivity index (χ4n) is 1.93. The number of hydrogen-bond donors (Lipinski definition) is 2. The highest BCUT2D eigenvalue weighted by Crippen LogP contribution is 2.26. The third-order valence-corrected chi connectivity index (χ3v) is 3.92. The second kappa shape index (κ2) is 6.90. The molecule has 2 rings (SSSR count). The Kier molecular flexibility index (Phi) is 4.94. The molecule has 0 aliphatic rings. The van der Waals surface area contributed by atoms with Gasteiger partial charge in [-0.05, 0) is 22.4 Å². The first kappa shape index (κ1) is 15.1. The van der Waals surface area contributed by atoms with Crippen LogP contribution in [0.3, 0.4) is 0 Å². The first-order valence-electron chi connectivity index (χ1n) is 6.34. The Balaban J connectivity index is 2.11. The van der Waals surface area contributed by atoms with Crippen LogP contribution in [0.15, 0.2) is 42.3 Å². The summed E-state index contributed by atoms with van der Waals surface area (Å²) in [5, 5.41) is 14.5. The van der Waals surface area contributed by atoms with Crippen LogP contribution in [0.4, 0.5) is 4.79 Å². The lowest BCUT2D eigenvalue weighted by Crippen LogP contribution is -2.42. The second-order valence-corrected chi connectivity index (χ2v) is 5.29. The van der Waals surface area contributed by atoms with E-state index in [1.54, 1.807) is 11.3 Å². The van der Waals surface area contributed by atoms with Crippen molar-refractivity contribution in [2.45, 2.75) is 12.5 Å². The summed E-state index contributed by atoms with van der Waals surface area (Å²) in [4.78, 5) is 22.8. The Morgan fingerprint density at radius 2 is 2.19 bits per heavy atom. The van der Waals surface area contributed by atoms with Crippen molar-refractivity contribution >= 4 is 33.5 Å². The summed E-state index contributed by atoms with van der Waals surface area (Å²) in [7, 11) is 0. The van der Waals surface area contributed by atoms with Gasteiger partial charge in [0.05, 0.1) is 0 Å². The molecule has 1 amide bonds. The number of benzene rings is 1. The summed E-state index contributed by atoms with van der Waals surface area (Å²) in [6.07, 6.45) is 0.867. The minimum Gasteiger partial charge on any atom is -0.480 e. The number of ether oxygens (including phenoxy) is 1. The van der Waals surface area contributed by atoms with Gasteiger partial charge >= 0.3 is 12.1 Å². The number of carbonyl (C=O) groups is 2. The van der Waals surface area contributed by atoms with E-state index in [1.807, 2.05) is 29.6 Å². The van der Waals surface area contributed by atoms with Crippen molar-refractivity contribution in [2.24, 2.45) is 0 Å². The fraction of sp³-hybridized carbons (Fsp3) is 0.200. The lowest BCUT2D eigenvalue weighted by atomic mass is 10.1. The number of carbonyl (C=O) groups excluding carboxylic acids is 1. The molecule has 110 valence electrons. The molecule has 0 saturated heterocycles. The molecule has 1 aromatic carbocycles. The molecular weight excluding hydrogens is 290 g/mol. The van der Waals surface area contributed by atoms with Gasteiger partial charge in [0, 0.05) is 11.1 Å². The number of amides is 1. The quantitative estimate of drug-likeness (QED) is 0.805. The summed E-state index contributed by atoms with van der Waals surface area (Å²) < 4.78 is 5.84. The van der Waals surface area contributed by atoms with Crippen molar-refractivity contribution in [3.05, 3.63) is 47.9 Å². The first-order chi connectivity index (χ1) is 10.1. The second-order valence-electron chi connectivity index (χ2n) is 4.38.